The topological polar surface area (TPSA) is 59.2 Å². The molecule has 1 aliphatic heterocycles. The van der Waals surface area contributed by atoms with E-state index in [0.29, 0.717) is 11.4 Å². The minimum Gasteiger partial charge on any atom is -0.334 e. The van der Waals surface area contributed by atoms with E-state index in [1.165, 1.54) is 11.3 Å². The van der Waals surface area contributed by atoms with Crippen LogP contribution in [0.15, 0.2) is 36.5 Å². The molecule has 1 aliphatic rings. The van der Waals surface area contributed by atoms with E-state index in [4.69, 9.17) is 5.73 Å². The van der Waals surface area contributed by atoms with E-state index in [0.717, 1.165) is 30.0 Å². The Labute approximate surface area is 122 Å². The quantitative estimate of drug-likeness (QED) is 0.943. The minimum atomic E-state index is 0.0673. The number of hydrogen-bond donors (Lipinski definition) is 1. The Morgan fingerprint density at radius 3 is 2.95 bits per heavy atom. The molecule has 4 nitrogen and oxygen atoms in total. The second-order valence-electron chi connectivity index (χ2n) is 4.93. The number of rotatable bonds is 3. The first-order valence-electron chi connectivity index (χ1n) is 6.82. The van der Waals surface area contributed by atoms with Crippen molar-refractivity contribution in [2.75, 3.05) is 13.1 Å². The molecule has 1 unspecified atom stereocenters. The number of nitrogens with two attached hydrogens (primary N) is 1. The van der Waals surface area contributed by atoms with Crippen molar-refractivity contribution in [3.05, 3.63) is 41.4 Å². The van der Waals surface area contributed by atoms with E-state index in [1.54, 1.807) is 6.20 Å². The third-order valence-corrected chi connectivity index (χ3v) is 4.68. The average molecular weight is 287 g/mol. The number of benzene rings is 1. The Hall–Kier alpha value is -1.72. The molecular formula is C15H17N3OS. The summed E-state index contributed by atoms with van der Waals surface area (Å²) in [4.78, 5) is 19.5. The van der Waals surface area contributed by atoms with E-state index < -0.39 is 0 Å². The average Bonchev–Trinajstić information content (AvgIpc) is 3.16. The van der Waals surface area contributed by atoms with Crippen LogP contribution in [0.25, 0.3) is 10.6 Å². The molecule has 2 aromatic rings. The molecular weight excluding hydrogens is 270 g/mol. The van der Waals surface area contributed by atoms with Crippen molar-refractivity contribution in [3.8, 4) is 10.6 Å². The van der Waals surface area contributed by atoms with Crippen LogP contribution >= 0.6 is 11.3 Å². The van der Waals surface area contributed by atoms with Crippen molar-refractivity contribution < 1.29 is 4.79 Å². The van der Waals surface area contributed by atoms with Gasteiger partial charge in [0.05, 0.1) is 6.20 Å². The first-order valence-corrected chi connectivity index (χ1v) is 7.63. The zero-order valence-electron chi connectivity index (χ0n) is 11.2. The molecule has 5 heteroatoms. The lowest BCUT2D eigenvalue weighted by Crippen LogP contribution is -2.39. The fourth-order valence-electron chi connectivity index (χ4n) is 2.58. The van der Waals surface area contributed by atoms with Gasteiger partial charge in [0.15, 0.2) is 0 Å². The van der Waals surface area contributed by atoms with Crippen molar-refractivity contribution in [1.82, 2.24) is 9.88 Å². The van der Waals surface area contributed by atoms with Crippen molar-refractivity contribution in [3.63, 3.8) is 0 Å². The highest BCUT2D eigenvalue weighted by molar-refractivity contribution is 7.16. The van der Waals surface area contributed by atoms with Crippen LogP contribution in [0, 0.1) is 0 Å². The summed E-state index contributed by atoms with van der Waals surface area (Å²) in [5, 5.41) is 0.887. The summed E-state index contributed by atoms with van der Waals surface area (Å²) in [7, 11) is 0. The zero-order valence-corrected chi connectivity index (χ0v) is 12.0. The smallest absolute Gasteiger partial charge is 0.265 e. The van der Waals surface area contributed by atoms with Gasteiger partial charge in [-0.25, -0.2) is 4.98 Å². The zero-order chi connectivity index (χ0) is 13.9. The molecule has 0 aliphatic carbocycles. The third-order valence-electron chi connectivity index (χ3n) is 3.65. The number of carbonyl (C=O) groups excluding carboxylic acids is 1. The standard InChI is InChI=1S/C15H17N3OS/c16-9-12-7-4-8-18(12)15(19)13-10-17-14(20-13)11-5-2-1-3-6-11/h1-3,5-6,10,12H,4,7-9,16H2. The summed E-state index contributed by atoms with van der Waals surface area (Å²) in [5.41, 5.74) is 6.78. The molecule has 0 spiro atoms. The van der Waals surface area contributed by atoms with Gasteiger partial charge in [0.25, 0.3) is 5.91 Å². The summed E-state index contributed by atoms with van der Waals surface area (Å²) >= 11 is 1.45. The van der Waals surface area contributed by atoms with E-state index >= 15 is 0 Å². The molecule has 1 saturated heterocycles. The number of hydrogen-bond acceptors (Lipinski definition) is 4. The maximum Gasteiger partial charge on any atom is 0.265 e. The summed E-state index contributed by atoms with van der Waals surface area (Å²) < 4.78 is 0. The van der Waals surface area contributed by atoms with Gasteiger partial charge < -0.3 is 10.6 Å². The molecule has 2 heterocycles. The van der Waals surface area contributed by atoms with Gasteiger partial charge in [0.1, 0.15) is 9.88 Å². The highest BCUT2D eigenvalue weighted by Crippen LogP contribution is 2.27. The SMILES string of the molecule is NCC1CCCN1C(=O)c1cnc(-c2ccccc2)s1. The van der Waals surface area contributed by atoms with Crippen LogP contribution in [-0.2, 0) is 0 Å². The summed E-state index contributed by atoms with van der Waals surface area (Å²) in [5.74, 6) is 0.0673. The predicted octanol–water partition coefficient (Wildman–Crippen LogP) is 2.37. The van der Waals surface area contributed by atoms with Crippen LogP contribution in [0.5, 0.6) is 0 Å². The van der Waals surface area contributed by atoms with Crippen LogP contribution in [0.4, 0.5) is 0 Å². The Bertz CT molecular complexity index is 596. The molecule has 0 saturated carbocycles. The van der Waals surface area contributed by atoms with Gasteiger partial charge in [-0.05, 0) is 12.8 Å². The van der Waals surface area contributed by atoms with Crippen LogP contribution in [0.3, 0.4) is 0 Å². The van der Waals surface area contributed by atoms with E-state index in [-0.39, 0.29) is 11.9 Å². The van der Waals surface area contributed by atoms with Gasteiger partial charge >= 0.3 is 0 Å². The number of thiazole rings is 1. The number of likely N-dealkylation sites (tertiary alicyclic amines) is 1. The van der Waals surface area contributed by atoms with Crippen LogP contribution < -0.4 is 5.73 Å². The number of nitrogens with zero attached hydrogens (tertiary/aromatic N) is 2. The molecule has 3 rings (SSSR count). The number of carbonyl (C=O) groups is 1. The van der Waals surface area contributed by atoms with Gasteiger partial charge in [-0.15, -0.1) is 11.3 Å². The predicted molar refractivity (Wildman–Crippen MR) is 80.7 cm³/mol. The molecule has 20 heavy (non-hydrogen) atoms. The Kier molecular flexibility index (Phi) is 3.80. The molecule has 1 fully saturated rings. The van der Waals surface area contributed by atoms with Crippen molar-refractivity contribution in [2.24, 2.45) is 5.73 Å². The van der Waals surface area contributed by atoms with Crippen LogP contribution in [0.2, 0.25) is 0 Å². The van der Waals surface area contributed by atoms with E-state index in [9.17, 15) is 4.79 Å². The number of amides is 1. The van der Waals surface area contributed by atoms with Crippen molar-refractivity contribution >= 4 is 17.2 Å². The molecule has 1 aromatic carbocycles. The second kappa shape index (κ2) is 5.73. The summed E-state index contributed by atoms with van der Waals surface area (Å²) in [6.45, 7) is 1.34. The second-order valence-corrected chi connectivity index (χ2v) is 5.96. The highest BCUT2D eigenvalue weighted by atomic mass is 32.1. The minimum absolute atomic E-state index is 0.0673. The molecule has 0 radical (unpaired) electrons. The Balaban J connectivity index is 1.82. The molecule has 2 N–H and O–H groups in total. The monoisotopic (exact) mass is 287 g/mol. The molecule has 1 amide bonds. The summed E-state index contributed by atoms with van der Waals surface area (Å²) in [6, 6.07) is 10.1. The number of aromatic nitrogens is 1. The Morgan fingerprint density at radius 2 is 2.20 bits per heavy atom. The fraction of sp³-hybridized carbons (Fsp3) is 0.333. The van der Waals surface area contributed by atoms with E-state index in [2.05, 4.69) is 4.98 Å². The van der Waals surface area contributed by atoms with Crippen molar-refractivity contribution in [1.29, 1.82) is 0 Å². The third kappa shape index (κ3) is 2.46. The highest BCUT2D eigenvalue weighted by Gasteiger charge is 2.29. The molecule has 1 atom stereocenters. The maximum absolute atomic E-state index is 12.5. The summed E-state index contributed by atoms with van der Waals surface area (Å²) in [6.07, 6.45) is 3.73. The normalized spacial score (nSPS) is 18.4. The first-order chi connectivity index (χ1) is 9.79. The lowest BCUT2D eigenvalue weighted by atomic mass is 10.2. The maximum atomic E-state index is 12.5. The molecule has 1 aromatic heterocycles. The van der Waals surface area contributed by atoms with Gasteiger partial charge in [-0.2, -0.15) is 0 Å². The van der Waals surface area contributed by atoms with Gasteiger partial charge in [-0.1, -0.05) is 30.3 Å². The first kappa shape index (κ1) is 13.3. The molecule has 104 valence electrons. The van der Waals surface area contributed by atoms with Gasteiger partial charge in [-0.3, -0.25) is 4.79 Å². The van der Waals surface area contributed by atoms with Gasteiger partial charge in [0.2, 0.25) is 0 Å². The fourth-order valence-corrected chi connectivity index (χ4v) is 3.45. The largest absolute Gasteiger partial charge is 0.334 e. The van der Waals surface area contributed by atoms with Crippen molar-refractivity contribution in [2.45, 2.75) is 18.9 Å². The van der Waals surface area contributed by atoms with E-state index in [1.807, 2.05) is 35.2 Å². The lowest BCUT2D eigenvalue weighted by Gasteiger charge is -2.22. The van der Waals surface area contributed by atoms with Crippen LogP contribution in [-0.4, -0.2) is 34.9 Å². The Morgan fingerprint density at radius 1 is 1.40 bits per heavy atom. The van der Waals surface area contributed by atoms with Gasteiger partial charge in [0, 0.05) is 24.7 Å². The van der Waals surface area contributed by atoms with Crippen LogP contribution in [0.1, 0.15) is 22.5 Å². The molecule has 0 bridgehead atoms. The lowest BCUT2D eigenvalue weighted by molar-refractivity contribution is 0.0746.